The Morgan fingerprint density at radius 1 is 1.26 bits per heavy atom. The SMILES string of the molecule is CNc1ccc(C(=O)NC(C)C(=O)N2CCS(=O)(=O)CC2)cn1. The molecule has 1 aromatic rings. The van der Waals surface area contributed by atoms with Crippen molar-refractivity contribution in [3.8, 4) is 0 Å². The van der Waals surface area contributed by atoms with Crippen molar-refractivity contribution in [2.75, 3.05) is 37.0 Å². The van der Waals surface area contributed by atoms with Crippen molar-refractivity contribution in [2.24, 2.45) is 0 Å². The Hall–Kier alpha value is -2.16. The first kappa shape index (κ1) is 17.2. The third kappa shape index (κ3) is 4.41. The molecule has 23 heavy (non-hydrogen) atoms. The molecule has 0 spiro atoms. The predicted octanol–water partition coefficient (Wildman–Crippen LogP) is -0.501. The van der Waals surface area contributed by atoms with Crippen LogP contribution in [0.5, 0.6) is 0 Å². The van der Waals surface area contributed by atoms with Crippen LogP contribution in [-0.2, 0) is 14.6 Å². The highest BCUT2D eigenvalue weighted by Crippen LogP contribution is 2.07. The molecule has 9 heteroatoms. The van der Waals surface area contributed by atoms with Gasteiger partial charge in [-0.1, -0.05) is 0 Å². The fourth-order valence-electron chi connectivity index (χ4n) is 2.22. The molecule has 1 fully saturated rings. The van der Waals surface area contributed by atoms with Crippen LogP contribution >= 0.6 is 0 Å². The van der Waals surface area contributed by atoms with Crippen LogP contribution in [0.25, 0.3) is 0 Å². The highest BCUT2D eigenvalue weighted by atomic mass is 32.2. The summed E-state index contributed by atoms with van der Waals surface area (Å²) in [6, 6.07) is 2.54. The van der Waals surface area contributed by atoms with Gasteiger partial charge < -0.3 is 15.5 Å². The van der Waals surface area contributed by atoms with Gasteiger partial charge in [0.25, 0.3) is 5.91 Å². The molecule has 1 unspecified atom stereocenters. The number of rotatable bonds is 4. The Balaban J connectivity index is 1.93. The van der Waals surface area contributed by atoms with Gasteiger partial charge >= 0.3 is 0 Å². The van der Waals surface area contributed by atoms with Gasteiger partial charge in [0, 0.05) is 26.3 Å². The van der Waals surface area contributed by atoms with E-state index in [1.807, 2.05) is 0 Å². The van der Waals surface area contributed by atoms with E-state index in [0.29, 0.717) is 11.4 Å². The molecule has 2 heterocycles. The maximum Gasteiger partial charge on any atom is 0.253 e. The second-order valence-corrected chi connectivity index (χ2v) is 7.66. The molecule has 0 aliphatic carbocycles. The van der Waals surface area contributed by atoms with Gasteiger partial charge in [-0.05, 0) is 19.1 Å². The van der Waals surface area contributed by atoms with Crippen LogP contribution in [0.2, 0.25) is 0 Å². The molecule has 8 nitrogen and oxygen atoms in total. The van der Waals surface area contributed by atoms with E-state index >= 15 is 0 Å². The minimum Gasteiger partial charge on any atom is -0.373 e. The van der Waals surface area contributed by atoms with Gasteiger partial charge in [0.05, 0.1) is 17.1 Å². The normalized spacial score (nSPS) is 18.1. The number of nitrogens with one attached hydrogen (secondary N) is 2. The molecule has 1 aliphatic rings. The number of nitrogens with zero attached hydrogens (tertiary/aromatic N) is 2. The van der Waals surface area contributed by atoms with E-state index in [1.165, 1.54) is 11.1 Å². The quantitative estimate of drug-likeness (QED) is 0.765. The van der Waals surface area contributed by atoms with Gasteiger partial charge in [0.1, 0.15) is 11.9 Å². The third-order valence-corrected chi connectivity index (χ3v) is 5.27. The van der Waals surface area contributed by atoms with Crippen molar-refractivity contribution in [1.82, 2.24) is 15.2 Å². The number of amides is 2. The summed E-state index contributed by atoms with van der Waals surface area (Å²) in [5.74, 6) is -0.109. The maximum absolute atomic E-state index is 12.3. The van der Waals surface area contributed by atoms with E-state index in [-0.39, 0.29) is 30.5 Å². The van der Waals surface area contributed by atoms with Crippen LogP contribution in [0, 0.1) is 0 Å². The van der Waals surface area contributed by atoms with E-state index < -0.39 is 21.8 Å². The van der Waals surface area contributed by atoms with Crippen LogP contribution in [0.15, 0.2) is 18.3 Å². The highest BCUT2D eigenvalue weighted by molar-refractivity contribution is 7.91. The van der Waals surface area contributed by atoms with Crippen molar-refractivity contribution in [3.05, 3.63) is 23.9 Å². The molecule has 0 radical (unpaired) electrons. The Morgan fingerprint density at radius 2 is 1.91 bits per heavy atom. The minimum atomic E-state index is -3.04. The molecule has 2 rings (SSSR count). The van der Waals surface area contributed by atoms with E-state index in [9.17, 15) is 18.0 Å². The predicted molar refractivity (Wildman–Crippen MR) is 85.9 cm³/mol. The molecule has 1 aliphatic heterocycles. The maximum atomic E-state index is 12.3. The van der Waals surface area contributed by atoms with Crippen molar-refractivity contribution in [3.63, 3.8) is 0 Å². The highest BCUT2D eigenvalue weighted by Gasteiger charge is 2.28. The fourth-order valence-corrected chi connectivity index (χ4v) is 3.43. The zero-order valence-corrected chi connectivity index (χ0v) is 13.9. The Kier molecular flexibility index (Phi) is 5.19. The van der Waals surface area contributed by atoms with Crippen LogP contribution in [-0.4, -0.2) is 67.8 Å². The van der Waals surface area contributed by atoms with E-state index in [1.54, 1.807) is 26.1 Å². The number of carbonyl (C=O) groups is 2. The second-order valence-electron chi connectivity index (χ2n) is 5.35. The summed E-state index contributed by atoms with van der Waals surface area (Å²) in [6.45, 7) is 1.92. The van der Waals surface area contributed by atoms with E-state index in [2.05, 4.69) is 15.6 Å². The van der Waals surface area contributed by atoms with Crippen molar-refractivity contribution in [1.29, 1.82) is 0 Å². The summed E-state index contributed by atoms with van der Waals surface area (Å²) >= 11 is 0. The van der Waals surface area contributed by atoms with Crippen molar-refractivity contribution >= 4 is 27.5 Å². The topological polar surface area (TPSA) is 108 Å². The molecule has 0 saturated carbocycles. The van der Waals surface area contributed by atoms with Crippen molar-refractivity contribution in [2.45, 2.75) is 13.0 Å². The molecular weight excluding hydrogens is 320 g/mol. The first-order valence-electron chi connectivity index (χ1n) is 7.26. The Labute approximate surface area is 135 Å². The average molecular weight is 340 g/mol. The lowest BCUT2D eigenvalue weighted by Gasteiger charge is -2.29. The van der Waals surface area contributed by atoms with Gasteiger partial charge in [-0.2, -0.15) is 0 Å². The Bertz CT molecular complexity index is 673. The third-order valence-electron chi connectivity index (χ3n) is 3.66. The number of anilines is 1. The van der Waals surface area contributed by atoms with Gasteiger partial charge in [-0.25, -0.2) is 13.4 Å². The molecular formula is C14H20N4O4S. The number of carbonyl (C=O) groups excluding carboxylic acids is 2. The van der Waals surface area contributed by atoms with Crippen LogP contribution in [0.1, 0.15) is 17.3 Å². The van der Waals surface area contributed by atoms with Gasteiger partial charge in [-0.3, -0.25) is 9.59 Å². The largest absolute Gasteiger partial charge is 0.373 e. The second kappa shape index (κ2) is 6.95. The zero-order chi connectivity index (χ0) is 17.0. The number of hydrogen-bond acceptors (Lipinski definition) is 6. The van der Waals surface area contributed by atoms with Gasteiger partial charge in [0.15, 0.2) is 9.84 Å². The summed E-state index contributed by atoms with van der Waals surface area (Å²) in [5, 5.41) is 5.46. The van der Waals surface area contributed by atoms with Gasteiger partial charge in [-0.15, -0.1) is 0 Å². The number of sulfone groups is 1. The summed E-state index contributed by atoms with van der Waals surface area (Å²) in [5.41, 5.74) is 0.352. The van der Waals surface area contributed by atoms with Gasteiger partial charge in [0.2, 0.25) is 5.91 Å². The van der Waals surface area contributed by atoms with Crippen LogP contribution < -0.4 is 10.6 Å². The summed E-state index contributed by atoms with van der Waals surface area (Å²) in [6.07, 6.45) is 1.42. The fraction of sp³-hybridized carbons (Fsp3) is 0.500. The molecule has 0 aromatic carbocycles. The van der Waals surface area contributed by atoms with E-state index in [0.717, 1.165) is 0 Å². The molecule has 2 amide bonds. The van der Waals surface area contributed by atoms with Crippen LogP contribution in [0.3, 0.4) is 0 Å². The molecule has 1 atom stereocenters. The molecule has 1 aromatic heterocycles. The standard InChI is InChI=1S/C14H20N4O4S/c1-10(14(20)18-5-7-23(21,22)8-6-18)17-13(19)11-3-4-12(15-2)16-9-11/h3-4,9-10H,5-8H2,1-2H3,(H,15,16)(H,17,19). The average Bonchev–Trinajstić information content (AvgIpc) is 2.54. The molecule has 126 valence electrons. The summed E-state index contributed by atoms with van der Waals surface area (Å²) in [4.78, 5) is 29.9. The lowest BCUT2D eigenvalue weighted by Crippen LogP contribution is -2.51. The first-order chi connectivity index (χ1) is 10.8. The molecule has 2 N–H and O–H groups in total. The minimum absolute atomic E-state index is 0.0329. The zero-order valence-electron chi connectivity index (χ0n) is 13.1. The first-order valence-corrected chi connectivity index (χ1v) is 9.08. The summed E-state index contributed by atoms with van der Waals surface area (Å²) < 4.78 is 22.8. The molecule has 0 bridgehead atoms. The monoisotopic (exact) mass is 340 g/mol. The summed E-state index contributed by atoms with van der Waals surface area (Å²) in [7, 11) is -1.32. The molecule has 1 saturated heterocycles. The number of hydrogen-bond donors (Lipinski definition) is 2. The number of pyridine rings is 1. The number of aromatic nitrogens is 1. The lowest BCUT2D eigenvalue weighted by atomic mass is 10.2. The smallest absolute Gasteiger partial charge is 0.253 e. The van der Waals surface area contributed by atoms with E-state index in [4.69, 9.17) is 0 Å². The lowest BCUT2D eigenvalue weighted by molar-refractivity contribution is -0.132. The van der Waals surface area contributed by atoms with Crippen molar-refractivity contribution < 1.29 is 18.0 Å². The van der Waals surface area contributed by atoms with Crippen LogP contribution in [0.4, 0.5) is 5.82 Å². The Morgan fingerprint density at radius 3 is 2.43 bits per heavy atom.